The van der Waals surface area contributed by atoms with Gasteiger partial charge in [-0.3, -0.25) is 0 Å². The van der Waals surface area contributed by atoms with Gasteiger partial charge in [0.25, 0.3) is 0 Å². The minimum atomic E-state index is -2.63. The number of rotatable bonds is 40. The average Bonchev–Trinajstić information content (AvgIpc) is 1.50. The van der Waals surface area contributed by atoms with Crippen LogP contribution >= 0.6 is 68.0 Å². The van der Waals surface area contributed by atoms with Crippen LogP contribution < -0.4 is 5.79 Å². The first kappa shape index (κ1) is 80.0. The molecule has 0 N–H and O–H groups in total. The van der Waals surface area contributed by atoms with Gasteiger partial charge in [-0.05, 0) is 25.7 Å². The van der Waals surface area contributed by atoms with Crippen molar-refractivity contribution in [3.05, 3.63) is 234 Å². The van der Waals surface area contributed by atoms with Crippen molar-refractivity contribution < 1.29 is 0 Å². The molecule has 0 fully saturated rings. The molecule has 0 amide bonds. The number of hydrogen-bond donors (Lipinski definition) is 0. The van der Waals surface area contributed by atoms with Gasteiger partial charge in [0, 0.05) is 0 Å². The van der Waals surface area contributed by atoms with E-state index in [1.165, 1.54) is 305 Å². The molecule has 8 heteroatoms. The van der Waals surface area contributed by atoms with Crippen molar-refractivity contribution in [3.63, 3.8) is 0 Å². The standard InChI is InChI=1S/C92H104S6.6CH3.2Sn/c1-7-13-19-25-31-65-37-45-69(46-38-65)91(70-47-39-66(40-48-70)32-26-20-14-8-2)79-61-78-80(62-77(79)87-81(91)63-85(97-87)89-75(57-59-93-89)83-55-53-73(95-83)35-29-23-17-11-5)92(71-49-41-67(42-50-71)33-27-21-15-9-3,72-51-43-68(44-52-72)34-28-22-16-10-4)82-64-86(98-88(78)82)90-76(58-60-94-90)84-56-54-74(96-84)36-30-24-18-12-6;;;;;;;;/h37-58,61-64H,7-36H2,1-6H3;6*1H3;;. The molecule has 6 heterocycles. The molecule has 558 valence electrons. The Hall–Kier alpha value is -4.10. The van der Waals surface area contributed by atoms with E-state index in [9.17, 15) is 0 Å². The van der Waals surface area contributed by atoms with Crippen molar-refractivity contribution in [2.75, 3.05) is 0 Å². The van der Waals surface area contributed by atoms with Crippen molar-refractivity contribution in [2.24, 2.45) is 0 Å². The fourth-order valence-electron chi connectivity index (χ4n) is 17.2. The molecule has 0 unspecified atom stereocenters. The number of thiophene rings is 6. The first-order valence-corrected chi connectivity index (χ1v) is 66.8. The van der Waals surface area contributed by atoms with E-state index in [1.54, 1.807) is 5.79 Å². The predicted octanol–water partition coefficient (Wildman–Crippen LogP) is 31.3. The molecule has 106 heavy (non-hydrogen) atoms. The Kier molecular flexibility index (Phi) is 27.6. The van der Waals surface area contributed by atoms with Crippen molar-refractivity contribution in [1.82, 2.24) is 0 Å². The Balaban J connectivity index is 1.10. The zero-order valence-corrected chi connectivity index (χ0v) is 77.3. The van der Waals surface area contributed by atoms with Gasteiger partial charge in [0.1, 0.15) is 0 Å². The maximum absolute atomic E-state index is 2.83. The zero-order valence-electron chi connectivity index (χ0n) is 66.7. The Morgan fingerprint density at radius 2 is 0.519 bits per heavy atom. The monoisotopic (exact) mass is 1730 g/mol. The van der Waals surface area contributed by atoms with E-state index in [-0.39, 0.29) is 0 Å². The summed E-state index contributed by atoms with van der Waals surface area (Å²) in [6.45, 7) is 14.0. The van der Waals surface area contributed by atoms with E-state index in [4.69, 9.17) is 0 Å². The molecule has 0 spiro atoms. The third-order valence-corrected chi connectivity index (χ3v) is 49.5. The normalized spacial score (nSPS) is 13.6. The second kappa shape index (κ2) is 36.6. The summed E-state index contributed by atoms with van der Waals surface area (Å²) in [7, 11) is 0. The van der Waals surface area contributed by atoms with E-state index < -0.39 is 47.6 Å². The van der Waals surface area contributed by atoms with E-state index >= 15 is 0 Å². The van der Waals surface area contributed by atoms with Crippen LogP contribution in [-0.2, 0) is 49.4 Å². The van der Waals surface area contributed by atoms with Gasteiger partial charge >= 0.3 is 550 Å². The summed E-state index contributed by atoms with van der Waals surface area (Å²) in [5.41, 5.74) is 21.8. The molecule has 0 nitrogen and oxygen atoms in total. The van der Waals surface area contributed by atoms with Crippen molar-refractivity contribution in [2.45, 2.75) is 275 Å². The van der Waals surface area contributed by atoms with Gasteiger partial charge in [0.05, 0.1) is 0 Å². The molecule has 0 atom stereocenters. The number of fused-ring (bicyclic) bond motifs is 6. The summed E-state index contributed by atoms with van der Waals surface area (Å²) < 4.78 is 3.33. The van der Waals surface area contributed by atoms with Crippen molar-refractivity contribution in [3.8, 4) is 61.3 Å². The molecule has 6 aromatic heterocycles. The van der Waals surface area contributed by atoms with Crippen LogP contribution in [0.15, 0.2) is 158 Å². The van der Waals surface area contributed by atoms with Crippen LogP contribution in [0.25, 0.3) is 61.3 Å². The molecule has 0 bridgehead atoms. The summed E-state index contributed by atoms with van der Waals surface area (Å²) in [5.74, 6) is 0. The Labute approximate surface area is 673 Å². The quantitative estimate of drug-likeness (QED) is 0.0265. The second-order valence-corrected chi connectivity index (χ2v) is 70.9. The molecule has 13 rings (SSSR count). The van der Waals surface area contributed by atoms with E-state index in [1.807, 2.05) is 0 Å². The second-order valence-electron chi connectivity index (χ2n) is 33.5. The van der Waals surface area contributed by atoms with Crippen LogP contribution in [0.1, 0.15) is 272 Å². The SMILES string of the molecule is CCCCCCc1ccc(C2(c3ccc(CCCCCC)cc3)c3cc4c(cc3-c3sc(-c5s[c]([Sn]([CH3])([CH3])[CH3])cc5-c5ccc(CCCCCC)s5)cc32)C(c2ccc(CCCCCC)cc2)(c2ccc(CCCCCC)cc2)c2cc(-c3s[c]([Sn]([CH3])([CH3])[CH3])cc3-c3ccc(CCCCCC)s3)sc2-4)cc1. The zero-order chi connectivity index (χ0) is 74.0. The first-order chi connectivity index (χ1) is 51.5. The molecule has 0 radical (unpaired) electrons. The Morgan fingerprint density at radius 3 is 0.792 bits per heavy atom. The Bertz CT molecular complexity index is 4220. The summed E-state index contributed by atoms with van der Waals surface area (Å²) in [6.07, 6.45) is 37.5. The van der Waals surface area contributed by atoms with Crippen molar-refractivity contribution >= 4 is 111 Å². The molecular formula is C98H122S6Sn2. The molecule has 0 saturated carbocycles. The number of hydrogen-bond acceptors (Lipinski definition) is 6. The number of aryl methyl sites for hydroxylation is 6. The fourth-order valence-corrected chi connectivity index (χ4v) is 34.9. The van der Waals surface area contributed by atoms with Crippen LogP contribution in [0.5, 0.6) is 0 Å². The molecule has 2 aliphatic rings. The minimum absolute atomic E-state index is 0.596. The van der Waals surface area contributed by atoms with Crippen LogP contribution in [0.2, 0.25) is 29.6 Å². The van der Waals surface area contributed by atoms with Crippen molar-refractivity contribution in [1.29, 1.82) is 0 Å². The van der Waals surface area contributed by atoms with Crippen LogP contribution in [-0.4, -0.2) is 36.8 Å². The third kappa shape index (κ3) is 17.3. The van der Waals surface area contributed by atoms with Gasteiger partial charge in [0.15, 0.2) is 0 Å². The summed E-state index contributed by atoms with van der Waals surface area (Å²) in [4.78, 5) is 30.5. The molecular weight excluding hydrogens is 1610 g/mol. The molecule has 11 aromatic rings. The van der Waals surface area contributed by atoms with Crippen LogP contribution in [0.4, 0.5) is 0 Å². The van der Waals surface area contributed by atoms with Gasteiger partial charge in [-0.1, -0.05) is 105 Å². The molecule has 0 aliphatic heterocycles. The first-order valence-electron chi connectivity index (χ1n) is 41.9. The van der Waals surface area contributed by atoms with Gasteiger partial charge in [-0.2, -0.15) is 0 Å². The summed E-state index contributed by atoms with van der Waals surface area (Å²) in [5, 5.41) is 0. The summed E-state index contributed by atoms with van der Waals surface area (Å²) in [6, 6.07) is 67.5. The number of benzene rings is 5. The van der Waals surface area contributed by atoms with Gasteiger partial charge < -0.3 is 0 Å². The fraction of sp³-hybridized carbons (Fsp3) is 0.449. The molecule has 0 saturated heterocycles. The van der Waals surface area contributed by atoms with Crippen LogP contribution in [0, 0.1) is 0 Å². The van der Waals surface area contributed by atoms with Gasteiger partial charge in [0.2, 0.25) is 0 Å². The number of unbranched alkanes of at least 4 members (excludes halogenated alkanes) is 18. The molecule has 2 aliphatic carbocycles. The van der Waals surface area contributed by atoms with Gasteiger partial charge in [-0.15, -0.1) is 0 Å². The Morgan fingerprint density at radius 1 is 0.236 bits per heavy atom. The summed E-state index contributed by atoms with van der Waals surface area (Å²) >= 11 is 7.42. The van der Waals surface area contributed by atoms with E-state index in [0.717, 1.165) is 25.7 Å². The maximum atomic E-state index is 2.83. The average molecular weight is 1730 g/mol. The van der Waals surface area contributed by atoms with Gasteiger partial charge in [-0.25, -0.2) is 0 Å². The van der Waals surface area contributed by atoms with E-state index in [2.05, 4.69) is 297 Å². The van der Waals surface area contributed by atoms with Crippen LogP contribution in [0.3, 0.4) is 0 Å². The topological polar surface area (TPSA) is 0 Å². The predicted molar refractivity (Wildman–Crippen MR) is 483 cm³/mol. The molecule has 5 aromatic carbocycles. The van der Waals surface area contributed by atoms with E-state index in [0.29, 0.717) is 0 Å². The third-order valence-electron chi connectivity index (χ3n) is 23.3.